The van der Waals surface area contributed by atoms with E-state index in [4.69, 9.17) is 9.52 Å². The SMILES string of the molecule is O=C(O)N1CCN(Cc2coc(-c3ccc(F)cc3)n2)CC1. The number of rotatable bonds is 3. The minimum absolute atomic E-state index is 0.299. The molecule has 1 N–H and O–H groups in total. The van der Waals surface area contributed by atoms with Crippen molar-refractivity contribution in [1.29, 1.82) is 0 Å². The fourth-order valence-electron chi connectivity index (χ4n) is 2.43. The molecule has 7 heteroatoms. The summed E-state index contributed by atoms with van der Waals surface area (Å²) in [5, 5.41) is 8.92. The van der Waals surface area contributed by atoms with E-state index in [0.29, 0.717) is 38.6 Å². The molecule has 0 atom stereocenters. The Morgan fingerprint density at radius 2 is 1.91 bits per heavy atom. The number of carbonyl (C=O) groups is 1. The highest BCUT2D eigenvalue weighted by Gasteiger charge is 2.21. The molecule has 0 radical (unpaired) electrons. The van der Waals surface area contributed by atoms with Gasteiger partial charge in [0.1, 0.15) is 12.1 Å². The van der Waals surface area contributed by atoms with Crippen LogP contribution >= 0.6 is 0 Å². The van der Waals surface area contributed by atoms with Crippen LogP contribution in [0.25, 0.3) is 11.5 Å². The van der Waals surface area contributed by atoms with Gasteiger partial charge in [-0.2, -0.15) is 0 Å². The van der Waals surface area contributed by atoms with Gasteiger partial charge in [0.05, 0.1) is 5.69 Å². The molecule has 0 bridgehead atoms. The first kappa shape index (κ1) is 14.5. The number of halogens is 1. The predicted octanol–water partition coefficient (Wildman–Crippen LogP) is 2.28. The van der Waals surface area contributed by atoms with E-state index in [-0.39, 0.29) is 5.82 Å². The first-order valence-electron chi connectivity index (χ1n) is 7.02. The molecule has 0 unspecified atom stereocenters. The van der Waals surface area contributed by atoms with E-state index in [2.05, 4.69) is 9.88 Å². The van der Waals surface area contributed by atoms with Gasteiger partial charge < -0.3 is 14.4 Å². The molecule has 1 amide bonds. The molecule has 1 aliphatic heterocycles. The Morgan fingerprint density at radius 3 is 2.55 bits per heavy atom. The van der Waals surface area contributed by atoms with Gasteiger partial charge in [0.15, 0.2) is 0 Å². The third-order valence-corrected chi connectivity index (χ3v) is 3.67. The lowest BCUT2D eigenvalue weighted by atomic mass is 10.2. The fourth-order valence-corrected chi connectivity index (χ4v) is 2.43. The van der Waals surface area contributed by atoms with Crippen LogP contribution in [-0.2, 0) is 6.54 Å². The second-order valence-corrected chi connectivity index (χ2v) is 5.20. The molecule has 1 aromatic heterocycles. The zero-order chi connectivity index (χ0) is 15.5. The highest BCUT2D eigenvalue weighted by molar-refractivity contribution is 5.65. The van der Waals surface area contributed by atoms with Crippen LogP contribution in [0.2, 0.25) is 0 Å². The Balaban J connectivity index is 1.60. The second kappa shape index (κ2) is 6.15. The lowest BCUT2D eigenvalue weighted by Gasteiger charge is -2.32. The zero-order valence-corrected chi connectivity index (χ0v) is 11.9. The predicted molar refractivity (Wildman–Crippen MR) is 76.8 cm³/mol. The standard InChI is InChI=1S/C15H16FN3O3/c16-12-3-1-11(2-4-12)14-17-13(10-22-14)9-18-5-7-19(8-6-18)15(20)21/h1-4,10H,5-9H2,(H,20,21). The summed E-state index contributed by atoms with van der Waals surface area (Å²) in [5.74, 6) is 0.158. The molecular formula is C15H16FN3O3. The van der Waals surface area contributed by atoms with Gasteiger partial charge in [-0.1, -0.05) is 0 Å². The molecule has 6 nitrogen and oxygen atoms in total. The number of carboxylic acid groups (broad SMARTS) is 1. The van der Waals surface area contributed by atoms with Gasteiger partial charge >= 0.3 is 6.09 Å². The van der Waals surface area contributed by atoms with Crippen LogP contribution in [0.4, 0.5) is 9.18 Å². The lowest BCUT2D eigenvalue weighted by molar-refractivity contribution is 0.102. The minimum Gasteiger partial charge on any atom is -0.465 e. The van der Waals surface area contributed by atoms with Gasteiger partial charge in [0.2, 0.25) is 5.89 Å². The van der Waals surface area contributed by atoms with Crippen molar-refractivity contribution in [3.8, 4) is 11.5 Å². The summed E-state index contributed by atoms with van der Waals surface area (Å²) in [6.07, 6.45) is 0.710. The summed E-state index contributed by atoms with van der Waals surface area (Å²) in [4.78, 5) is 18.8. The lowest BCUT2D eigenvalue weighted by Crippen LogP contribution is -2.47. The molecule has 22 heavy (non-hydrogen) atoms. The van der Waals surface area contributed by atoms with E-state index in [9.17, 15) is 9.18 Å². The summed E-state index contributed by atoms with van der Waals surface area (Å²) in [5.41, 5.74) is 1.51. The van der Waals surface area contributed by atoms with Gasteiger partial charge in [-0.25, -0.2) is 14.2 Å². The van der Waals surface area contributed by atoms with Crippen molar-refractivity contribution in [3.63, 3.8) is 0 Å². The summed E-state index contributed by atoms with van der Waals surface area (Å²) < 4.78 is 18.3. The quantitative estimate of drug-likeness (QED) is 0.942. The molecule has 1 aromatic carbocycles. The van der Waals surface area contributed by atoms with Crippen molar-refractivity contribution >= 4 is 6.09 Å². The fraction of sp³-hybridized carbons (Fsp3) is 0.333. The molecule has 0 saturated carbocycles. The Kier molecular flexibility index (Phi) is 4.06. The zero-order valence-electron chi connectivity index (χ0n) is 11.9. The summed E-state index contributed by atoms with van der Waals surface area (Å²) in [6, 6.07) is 5.97. The number of nitrogens with zero attached hydrogens (tertiary/aromatic N) is 3. The number of hydrogen-bond donors (Lipinski definition) is 1. The minimum atomic E-state index is -0.875. The average molecular weight is 305 g/mol. The molecule has 1 fully saturated rings. The number of piperazine rings is 1. The molecule has 3 rings (SSSR count). The molecule has 1 aliphatic rings. The van der Waals surface area contributed by atoms with Crippen LogP contribution in [-0.4, -0.2) is 52.2 Å². The van der Waals surface area contributed by atoms with Crippen LogP contribution in [0.3, 0.4) is 0 Å². The number of amides is 1. The topological polar surface area (TPSA) is 69.8 Å². The largest absolute Gasteiger partial charge is 0.465 e. The number of aromatic nitrogens is 1. The number of oxazole rings is 1. The third-order valence-electron chi connectivity index (χ3n) is 3.67. The molecule has 1 saturated heterocycles. The van der Waals surface area contributed by atoms with Crippen molar-refractivity contribution in [2.24, 2.45) is 0 Å². The van der Waals surface area contributed by atoms with Crippen molar-refractivity contribution in [2.45, 2.75) is 6.54 Å². The summed E-state index contributed by atoms with van der Waals surface area (Å²) in [7, 11) is 0. The summed E-state index contributed by atoms with van der Waals surface area (Å²) in [6.45, 7) is 2.95. The van der Waals surface area contributed by atoms with Crippen LogP contribution in [0.15, 0.2) is 34.9 Å². The highest BCUT2D eigenvalue weighted by Crippen LogP contribution is 2.19. The van der Waals surface area contributed by atoms with Gasteiger partial charge in [-0.3, -0.25) is 4.90 Å². The van der Waals surface area contributed by atoms with E-state index in [1.165, 1.54) is 17.0 Å². The maximum absolute atomic E-state index is 12.9. The van der Waals surface area contributed by atoms with E-state index in [1.54, 1.807) is 18.4 Å². The van der Waals surface area contributed by atoms with E-state index >= 15 is 0 Å². The van der Waals surface area contributed by atoms with Crippen LogP contribution in [0, 0.1) is 5.82 Å². The van der Waals surface area contributed by atoms with Gasteiger partial charge in [0.25, 0.3) is 0 Å². The Morgan fingerprint density at radius 1 is 1.23 bits per heavy atom. The van der Waals surface area contributed by atoms with Crippen LogP contribution in [0.1, 0.15) is 5.69 Å². The van der Waals surface area contributed by atoms with Crippen molar-refractivity contribution in [1.82, 2.24) is 14.8 Å². The maximum atomic E-state index is 12.9. The van der Waals surface area contributed by atoms with Gasteiger partial charge in [-0.15, -0.1) is 0 Å². The average Bonchev–Trinajstić information content (AvgIpc) is 2.97. The van der Waals surface area contributed by atoms with Crippen molar-refractivity contribution in [2.75, 3.05) is 26.2 Å². The second-order valence-electron chi connectivity index (χ2n) is 5.20. The molecule has 0 aliphatic carbocycles. The van der Waals surface area contributed by atoms with E-state index in [1.807, 2.05) is 0 Å². The van der Waals surface area contributed by atoms with E-state index in [0.717, 1.165) is 11.3 Å². The first-order chi connectivity index (χ1) is 10.6. The first-order valence-corrected chi connectivity index (χ1v) is 7.02. The highest BCUT2D eigenvalue weighted by atomic mass is 19.1. The monoisotopic (exact) mass is 305 g/mol. The Labute approximate surface area is 126 Å². The Bertz CT molecular complexity index is 648. The summed E-state index contributed by atoms with van der Waals surface area (Å²) >= 11 is 0. The maximum Gasteiger partial charge on any atom is 0.407 e. The van der Waals surface area contributed by atoms with Gasteiger partial charge in [0, 0.05) is 38.3 Å². The smallest absolute Gasteiger partial charge is 0.407 e. The third kappa shape index (κ3) is 3.25. The van der Waals surface area contributed by atoms with Crippen molar-refractivity contribution in [3.05, 3.63) is 42.0 Å². The van der Waals surface area contributed by atoms with Gasteiger partial charge in [-0.05, 0) is 24.3 Å². The van der Waals surface area contributed by atoms with Crippen molar-refractivity contribution < 1.29 is 18.7 Å². The number of hydrogen-bond acceptors (Lipinski definition) is 4. The molecule has 2 aromatic rings. The molecule has 0 spiro atoms. The van der Waals surface area contributed by atoms with E-state index < -0.39 is 6.09 Å². The number of benzene rings is 1. The van der Waals surface area contributed by atoms with Crippen LogP contribution < -0.4 is 0 Å². The van der Waals surface area contributed by atoms with Crippen LogP contribution in [0.5, 0.6) is 0 Å². The molecular weight excluding hydrogens is 289 g/mol. The molecule has 116 valence electrons. The molecule has 2 heterocycles. The Hall–Kier alpha value is -2.41. The normalized spacial score (nSPS) is 16.0.